The summed E-state index contributed by atoms with van der Waals surface area (Å²) in [7, 11) is -0.715. The van der Waals surface area contributed by atoms with Crippen LogP contribution in [0, 0.1) is 17.8 Å². The Morgan fingerprint density at radius 1 is 1.15 bits per heavy atom. The minimum absolute atomic E-state index is 0.303. The molecule has 1 aliphatic carbocycles. The first-order chi connectivity index (χ1) is 9.38. The average molecular weight is 302 g/mol. The van der Waals surface area contributed by atoms with Crippen molar-refractivity contribution in [2.45, 2.75) is 83.8 Å². The Morgan fingerprint density at radius 2 is 1.80 bits per heavy atom. The maximum absolute atomic E-state index is 13.0. The lowest BCUT2D eigenvalue weighted by Crippen LogP contribution is -2.49. The predicted octanol–water partition coefficient (Wildman–Crippen LogP) is 3.97. The molecule has 0 bridgehead atoms. The summed E-state index contributed by atoms with van der Waals surface area (Å²) in [5.41, 5.74) is 0. The van der Waals surface area contributed by atoms with Crippen LogP contribution in [0.2, 0.25) is 0 Å². The standard InChI is InChI=1S/C17H35NOS/c1-7-10-18-16-9-8-15(13(4)5)11-17(16)20(19)14(6)12(2)3/h12-18H,7-11H2,1-6H3. The summed E-state index contributed by atoms with van der Waals surface area (Å²) in [5.74, 6) is 1.97. The van der Waals surface area contributed by atoms with Crippen LogP contribution in [0.15, 0.2) is 0 Å². The van der Waals surface area contributed by atoms with E-state index in [4.69, 9.17) is 0 Å². The van der Waals surface area contributed by atoms with Crippen molar-refractivity contribution in [1.29, 1.82) is 0 Å². The van der Waals surface area contributed by atoms with Crippen LogP contribution in [0.1, 0.15) is 67.2 Å². The first kappa shape index (κ1) is 18.2. The molecule has 1 fully saturated rings. The monoisotopic (exact) mass is 301 g/mol. The smallest absolute Gasteiger partial charge is 0.0506 e. The summed E-state index contributed by atoms with van der Waals surface area (Å²) in [4.78, 5) is 0. The SMILES string of the molecule is CCCNC1CCC(C(C)C)CC1S(=O)C(C)C(C)C. The zero-order valence-corrected chi connectivity index (χ0v) is 15.1. The number of hydrogen-bond donors (Lipinski definition) is 1. The van der Waals surface area contributed by atoms with E-state index in [1.165, 1.54) is 12.8 Å². The lowest BCUT2D eigenvalue weighted by molar-refractivity contribution is 0.243. The number of nitrogens with one attached hydrogen (secondary N) is 1. The second-order valence-electron chi connectivity index (χ2n) is 7.19. The van der Waals surface area contributed by atoms with Crippen LogP contribution < -0.4 is 5.32 Å². The molecular weight excluding hydrogens is 266 g/mol. The first-order valence-electron chi connectivity index (χ1n) is 8.51. The normalized spacial score (nSPS) is 30.7. The Bertz CT molecular complexity index is 303. The molecule has 0 aliphatic heterocycles. The van der Waals surface area contributed by atoms with Crippen LogP contribution in [-0.2, 0) is 10.8 Å². The maximum atomic E-state index is 13.0. The van der Waals surface area contributed by atoms with Crippen LogP contribution in [0.4, 0.5) is 0 Å². The van der Waals surface area contributed by atoms with Gasteiger partial charge in [-0.25, -0.2) is 0 Å². The van der Waals surface area contributed by atoms with Gasteiger partial charge in [-0.05, 0) is 50.0 Å². The molecule has 0 spiro atoms. The van der Waals surface area contributed by atoms with Gasteiger partial charge in [0.2, 0.25) is 0 Å². The molecule has 5 atom stereocenters. The summed E-state index contributed by atoms with van der Waals surface area (Å²) in [6.45, 7) is 14.4. The minimum Gasteiger partial charge on any atom is -0.313 e. The van der Waals surface area contributed by atoms with E-state index in [-0.39, 0.29) is 0 Å². The predicted molar refractivity (Wildman–Crippen MR) is 90.5 cm³/mol. The molecule has 5 unspecified atom stereocenters. The highest BCUT2D eigenvalue weighted by molar-refractivity contribution is 7.86. The fourth-order valence-corrected chi connectivity index (χ4v) is 5.21. The Labute approximate surface area is 128 Å². The molecular formula is C17H35NOS. The van der Waals surface area contributed by atoms with Gasteiger partial charge in [-0.2, -0.15) is 0 Å². The van der Waals surface area contributed by atoms with Gasteiger partial charge in [0.25, 0.3) is 0 Å². The van der Waals surface area contributed by atoms with Crippen LogP contribution >= 0.6 is 0 Å². The second kappa shape index (κ2) is 8.53. The molecule has 3 heteroatoms. The molecule has 0 aromatic heterocycles. The third kappa shape index (κ3) is 4.84. The molecule has 0 aromatic carbocycles. The molecule has 0 radical (unpaired) electrons. The van der Waals surface area contributed by atoms with Crippen LogP contribution in [0.5, 0.6) is 0 Å². The summed E-state index contributed by atoms with van der Waals surface area (Å²) in [5, 5.41) is 4.31. The molecule has 0 saturated heterocycles. The molecule has 20 heavy (non-hydrogen) atoms. The molecule has 1 rings (SSSR count). The van der Waals surface area contributed by atoms with Gasteiger partial charge in [-0.15, -0.1) is 0 Å². The topological polar surface area (TPSA) is 29.1 Å². The highest BCUT2D eigenvalue weighted by atomic mass is 32.2. The van der Waals surface area contributed by atoms with E-state index in [1.807, 2.05) is 0 Å². The Balaban J connectivity index is 2.77. The van der Waals surface area contributed by atoms with Crippen LogP contribution in [-0.4, -0.2) is 27.3 Å². The molecule has 0 heterocycles. The summed E-state index contributed by atoms with van der Waals surface area (Å²) in [6.07, 6.45) is 4.79. The van der Waals surface area contributed by atoms with Crippen molar-refractivity contribution >= 4 is 10.8 Å². The van der Waals surface area contributed by atoms with E-state index < -0.39 is 10.8 Å². The van der Waals surface area contributed by atoms with E-state index in [0.29, 0.717) is 22.5 Å². The lowest BCUT2D eigenvalue weighted by Gasteiger charge is -2.39. The van der Waals surface area contributed by atoms with E-state index in [0.717, 1.165) is 31.2 Å². The van der Waals surface area contributed by atoms with Gasteiger partial charge in [0.1, 0.15) is 0 Å². The highest BCUT2D eigenvalue weighted by Gasteiger charge is 2.37. The Hall–Kier alpha value is 0.110. The summed E-state index contributed by atoms with van der Waals surface area (Å²) >= 11 is 0. The van der Waals surface area contributed by atoms with Crippen molar-refractivity contribution in [2.24, 2.45) is 17.8 Å². The second-order valence-corrected chi connectivity index (χ2v) is 9.20. The van der Waals surface area contributed by atoms with E-state index in [2.05, 4.69) is 46.9 Å². The maximum Gasteiger partial charge on any atom is 0.0506 e. The van der Waals surface area contributed by atoms with Crippen molar-refractivity contribution in [3.63, 3.8) is 0 Å². The minimum atomic E-state index is -0.715. The zero-order valence-electron chi connectivity index (χ0n) is 14.3. The third-order valence-corrected chi connectivity index (χ3v) is 7.43. The quantitative estimate of drug-likeness (QED) is 0.771. The van der Waals surface area contributed by atoms with Crippen LogP contribution in [0.3, 0.4) is 0 Å². The van der Waals surface area contributed by atoms with Crippen molar-refractivity contribution in [2.75, 3.05) is 6.54 Å². The molecule has 1 saturated carbocycles. The Morgan fingerprint density at radius 3 is 2.30 bits per heavy atom. The summed E-state index contributed by atoms with van der Waals surface area (Å²) in [6, 6.07) is 0.465. The fraction of sp³-hybridized carbons (Fsp3) is 1.00. The van der Waals surface area contributed by atoms with Gasteiger partial charge in [0, 0.05) is 22.1 Å². The van der Waals surface area contributed by atoms with Gasteiger partial charge in [-0.3, -0.25) is 4.21 Å². The molecule has 2 nitrogen and oxygen atoms in total. The molecule has 120 valence electrons. The third-order valence-electron chi connectivity index (χ3n) is 5.04. The van der Waals surface area contributed by atoms with Gasteiger partial charge < -0.3 is 5.32 Å². The van der Waals surface area contributed by atoms with E-state index in [9.17, 15) is 4.21 Å². The van der Waals surface area contributed by atoms with Crippen molar-refractivity contribution in [3.05, 3.63) is 0 Å². The van der Waals surface area contributed by atoms with Gasteiger partial charge >= 0.3 is 0 Å². The largest absolute Gasteiger partial charge is 0.313 e. The van der Waals surface area contributed by atoms with Gasteiger partial charge in [-0.1, -0.05) is 41.5 Å². The van der Waals surface area contributed by atoms with Gasteiger partial charge in [0.15, 0.2) is 0 Å². The highest BCUT2D eigenvalue weighted by Crippen LogP contribution is 2.34. The van der Waals surface area contributed by atoms with Crippen molar-refractivity contribution in [1.82, 2.24) is 5.32 Å². The van der Waals surface area contributed by atoms with Crippen LogP contribution in [0.25, 0.3) is 0 Å². The number of rotatable bonds is 7. The number of hydrogen-bond acceptors (Lipinski definition) is 2. The van der Waals surface area contributed by atoms with Gasteiger partial charge in [0.05, 0.1) is 5.25 Å². The zero-order chi connectivity index (χ0) is 15.3. The van der Waals surface area contributed by atoms with E-state index in [1.54, 1.807) is 0 Å². The Kier molecular flexibility index (Phi) is 7.74. The van der Waals surface area contributed by atoms with E-state index >= 15 is 0 Å². The van der Waals surface area contributed by atoms with Crippen molar-refractivity contribution in [3.8, 4) is 0 Å². The summed E-state index contributed by atoms with van der Waals surface area (Å²) < 4.78 is 13.0. The lowest BCUT2D eigenvalue weighted by atomic mass is 9.79. The molecule has 0 aromatic rings. The fourth-order valence-electron chi connectivity index (χ4n) is 3.13. The molecule has 1 aliphatic rings. The first-order valence-corrected chi connectivity index (χ1v) is 9.78. The molecule has 1 N–H and O–H groups in total. The average Bonchev–Trinajstić information content (AvgIpc) is 2.42. The van der Waals surface area contributed by atoms with Crippen molar-refractivity contribution < 1.29 is 4.21 Å². The molecule has 0 amide bonds.